The molecule has 162 valence electrons. The van der Waals surface area contributed by atoms with Gasteiger partial charge in [-0.1, -0.05) is 13.8 Å². The second-order valence-electron chi connectivity index (χ2n) is 6.89. The van der Waals surface area contributed by atoms with E-state index in [0.717, 1.165) is 0 Å². The molecule has 0 aliphatic rings. The average Bonchev–Trinajstić information content (AvgIpc) is 2.69. The third-order valence-corrected chi connectivity index (χ3v) is 4.15. The summed E-state index contributed by atoms with van der Waals surface area (Å²) in [4.78, 5) is 15.8. The Hall–Kier alpha value is -3.04. The van der Waals surface area contributed by atoms with Crippen molar-refractivity contribution in [2.75, 3.05) is 32.8 Å². The van der Waals surface area contributed by atoms with E-state index in [4.69, 9.17) is 19.6 Å². The van der Waals surface area contributed by atoms with E-state index in [1.54, 1.807) is 0 Å². The zero-order chi connectivity index (χ0) is 22.3. The van der Waals surface area contributed by atoms with Gasteiger partial charge in [-0.2, -0.15) is 0 Å². The van der Waals surface area contributed by atoms with E-state index in [2.05, 4.69) is 10.3 Å². The van der Waals surface area contributed by atoms with Crippen molar-refractivity contribution >= 4 is 23.2 Å². The number of rotatable bonds is 11. The number of carboxylic acid groups (broad SMARTS) is 1. The lowest BCUT2D eigenvalue weighted by Crippen LogP contribution is -2.29. The first-order valence-electron chi connectivity index (χ1n) is 9.31. The lowest BCUT2D eigenvalue weighted by Gasteiger charge is -2.23. The largest absolute Gasteiger partial charge is 0.485 e. The molecule has 2 rings (SSSR count). The van der Waals surface area contributed by atoms with Gasteiger partial charge in [0, 0.05) is 31.7 Å². The number of aromatic nitrogens is 1. The van der Waals surface area contributed by atoms with Gasteiger partial charge in [0.2, 0.25) is 0 Å². The number of nitrogens with one attached hydrogen (secondary N) is 2. The number of halogens is 1. The Kier molecular flexibility index (Phi) is 8.25. The summed E-state index contributed by atoms with van der Waals surface area (Å²) in [6, 6.07) is 6.80. The SMILES string of the molecule is COCC(COC)Oc1cc(C(=O)O)nc(Nc2ccc(F)cc2)c1C(=N)C(C)C. The van der Waals surface area contributed by atoms with Crippen LogP contribution in [0.2, 0.25) is 0 Å². The lowest BCUT2D eigenvalue weighted by molar-refractivity contribution is 0.0243. The lowest BCUT2D eigenvalue weighted by atomic mass is 9.99. The molecule has 2 aromatic rings. The van der Waals surface area contributed by atoms with Crippen LogP contribution >= 0.6 is 0 Å². The summed E-state index contributed by atoms with van der Waals surface area (Å²) in [5.74, 6) is -1.55. The van der Waals surface area contributed by atoms with Gasteiger partial charge in [-0.05, 0) is 30.2 Å². The number of methoxy groups -OCH3 is 2. The Morgan fingerprint density at radius 1 is 1.20 bits per heavy atom. The Morgan fingerprint density at radius 2 is 1.80 bits per heavy atom. The van der Waals surface area contributed by atoms with Crippen LogP contribution in [0, 0.1) is 17.1 Å². The number of aromatic carboxylic acids is 1. The fourth-order valence-electron chi connectivity index (χ4n) is 2.70. The number of anilines is 2. The van der Waals surface area contributed by atoms with Gasteiger partial charge in [0.15, 0.2) is 5.69 Å². The maximum absolute atomic E-state index is 13.3. The summed E-state index contributed by atoms with van der Waals surface area (Å²) in [7, 11) is 3.03. The van der Waals surface area contributed by atoms with Crippen molar-refractivity contribution in [2.24, 2.45) is 5.92 Å². The number of benzene rings is 1. The highest BCUT2D eigenvalue weighted by atomic mass is 19.1. The minimum absolute atomic E-state index is 0.129. The first kappa shape index (κ1) is 23.2. The number of ether oxygens (including phenoxy) is 3. The average molecular weight is 419 g/mol. The van der Waals surface area contributed by atoms with E-state index in [-0.39, 0.29) is 42.1 Å². The van der Waals surface area contributed by atoms with Crippen molar-refractivity contribution in [1.29, 1.82) is 5.41 Å². The zero-order valence-electron chi connectivity index (χ0n) is 17.4. The molecule has 0 fully saturated rings. The van der Waals surface area contributed by atoms with Crippen LogP contribution in [0.1, 0.15) is 29.9 Å². The van der Waals surface area contributed by atoms with Gasteiger partial charge in [-0.3, -0.25) is 0 Å². The number of pyridine rings is 1. The molecule has 30 heavy (non-hydrogen) atoms. The molecule has 0 aliphatic carbocycles. The Balaban J connectivity index is 2.61. The quantitative estimate of drug-likeness (QED) is 0.476. The molecular formula is C21H26FN3O5. The van der Waals surface area contributed by atoms with Gasteiger partial charge < -0.3 is 30.0 Å². The first-order chi connectivity index (χ1) is 14.3. The van der Waals surface area contributed by atoms with E-state index in [1.165, 1.54) is 44.6 Å². The minimum atomic E-state index is -1.25. The molecule has 8 nitrogen and oxygen atoms in total. The van der Waals surface area contributed by atoms with Gasteiger partial charge in [0.05, 0.1) is 18.8 Å². The molecule has 0 atom stereocenters. The van der Waals surface area contributed by atoms with Crippen molar-refractivity contribution in [2.45, 2.75) is 20.0 Å². The van der Waals surface area contributed by atoms with Crippen LogP contribution in [0.4, 0.5) is 15.9 Å². The van der Waals surface area contributed by atoms with Gasteiger partial charge in [-0.25, -0.2) is 14.2 Å². The summed E-state index contributed by atoms with van der Waals surface area (Å²) in [6.45, 7) is 4.07. The Labute approximate surface area is 174 Å². The molecule has 1 aromatic heterocycles. The molecule has 0 saturated heterocycles. The van der Waals surface area contributed by atoms with Crippen molar-refractivity contribution in [3.63, 3.8) is 0 Å². The maximum atomic E-state index is 13.3. The van der Waals surface area contributed by atoms with Crippen molar-refractivity contribution in [3.05, 3.63) is 47.4 Å². The normalized spacial score (nSPS) is 11.0. The summed E-state index contributed by atoms with van der Waals surface area (Å²) >= 11 is 0. The maximum Gasteiger partial charge on any atom is 0.354 e. The minimum Gasteiger partial charge on any atom is -0.485 e. The van der Waals surface area contributed by atoms with E-state index in [9.17, 15) is 14.3 Å². The van der Waals surface area contributed by atoms with Crippen LogP contribution in [-0.2, 0) is 9.47 Å². The predicted octanol–water partition coefficient (Wildman–Crippen LogP) is 3.73. The fourth-order valence-corrected chi connectivity index (χ4v) is 2.70. The number of carbonyl (C=O) groups is 1. The summed E-state index contributed by atoms with van der Waals surface area (Å²) in [5.41, 5.74) is 0.744. The van der Waals surface area contributed by atoms with Crippen LogP contribution in [0.3, 0.4) is 0 Å². The van der Waals surface area contributed by atoms with Crippen LogP contribution in [0.25, 0.3) is 0 Å². The number of hydrogen-bond donors (Lipinski definition) is 3. The van der Waals surface area contributed by atoms with Crippen LogP contribution < -0.4 is 10.1 Å². The molecule has 0 aliphatic heterocycles. The number of nitrogens with zero attached hydrogens (tertiary/aromatic N) is 1. The second-order valence-corrected chi connectivity index (χ2v) is 6.89. The highest BCUT2D eigenvalue weighted by molar-refractivity contribution is 6.07. The van der Waals surface area contributed by atoms with Gasteiger partial charge in [-0.15, -0.1) is 0 Å². The molecule has 3 N–H and O–H groups in total. The van der Waals surface area contributed by atoms with Crippen LogP contribution in [-0.4, -0.2) is 55.3 Å². The molecular weight excluding hydrogens is 393 g/mol. The third-order valence-electron chi connectivity index (χ3n) is 4.15. The van der Waals surface area contributed by atoms with Crippen molar-refractivity contribution in [1.82, 2.24) is 4.98 Å². The number of hydrogen-bond acceptors (Lipinski definition) is 7. The molecule has 0 saturated carbocycles. The van der Waals surface area contributed by atoms with Gasteiger partial charge in [0.1, 0.15) is 23.5 Å². The summed E-state index contributed by atoms with van der Waals surface area (Å²) in [6.07, 6.45) is -0.526. The van der Waals surface area contributed by atoms with E-state index in [0.29, 0.717) is 11.3 Å². The molecule has 0 unspecified atom stereocenters. The molecule has 0 radical (unpaired) electrons. The topological polar surface area (TPSA) is 114 Å². The zero-order valence-corrected chi connectivity index (χ0v) is 17.4. The molecule has 0 bridgehead atoms. The Morgan fingerprint density at radius 3 is 2.30 bits per heavy atom. The summed E-state index contributed by atoms with van der Waals surface area (Å²) < 4.78 is 29.6. The molecule has 1 aromatic carbocycles. The highest BCUT2D eigenvalue weighted by Gasteiger charge is 2.24. The molecule has 0 amide bonds. The monoisotopic (exact) mass is 419 g/mol. The smallest absolute Gasteiger partial charge is 0.354 e. The fraction of sp³-hybridized carbons (Fsp3) is 0.381. The van der Waals surface area contributed by atoms with Gasteiger partial charge in [0.25, 0.3) is 0 Å². The molecule has 0 spiro atoms. The van der Waals surface area contributed by atoms with E-state index in [1.807, 2.05) is 13.8 Å². The van der Waals surface area contributed by atoms with E-state index < -0.39 is 17.9 Å². The first-order valence-corrected chi connectivity index (χ1v) is 9.31. The van der Waals surface area contributed by atoms with Crippen molar-refractivity contribution < 1.29 is 28.5 Å². The van der Waals surface area contributed by atoms with Crippen LogP contribution in [0.15, 0.2) is 30.3 Å². The standard InChI is InChI=1S/C21H26FN3O5/c1-12(2)19(23)18-17(30-15(10-28-3)11-29-4)9-16(21(26)27)25-20(18)24-14-7-5-13(22)6-8-14/h5-9,12,15,23H,10-11H2,1-4H3,(H,24,25)(H,26,27). The van der Waals surface area contributed by atoms with Gasteiger partial charge >= 0.3 is 5.97 Å². The predicted molar refractivity (Wildman–Crippen MR) is 111 cm³/mol. The molecule has 1 heterocycles. The third kappa shape index (κ3) is 5.98. The highest BCUT2D eigenvalue weighted by Crippen LogP contribution is 2.32. The number of carboxylic acids is 1. The second kappa shape index (κ2) is 10.7. The Bertz CT molecular complexity index is 881. The van der Waals surface area contributed by atoms with E-state index >= 15 is 0 Å². The van der Waals surface area contributed by atoms with Crippen molar-refractivity contribution in [3.8, 4) is 5.75 Å². The summed E-state index contributed by atoms with van der Waals surface area (Å²) in [5, 5.41) is 21.1. The van der Waals surface area contributed by atoms with Crippen LogP contribution in [0.5, 0.6) is 5.75 Å². The molecule has 9 heteroatoms.